The highest BCUT2D eigenvalue weighted by Crippen LogP contribution is 2.15. The van der Waals surface area contributed by atoms with Gasteiger partial charge in [0.1, 0.15) is 0 Å². The van der Waals surface area contributed by atoms with E-state index in [-0.39, 0.29) is 0 Å². The lowest BCUT2D eigenvalue weighted by Crippen LogP contribution is -2.42. The molecule has 1 aromatic heterocycles. The van der Waals surface area contributed by atoms with Crippen molar-refractivity contribution >= 4 is 11.3 Å². The number of aryl methyl sites for hydroxylation is 1. The Morgan fingerprint density at radius 1 is 1.50 bits per heavy atom. The Morgan fingerprint density at radius 2 is 2.29 bits per heavy atom. The molecule has 2 heterocycles. The van der Waals surface area contributed by atoms with Crippen LogP contribution in [0.15, 0.2) is 6.20 Å². The Labute approximate surface area is 89.1 Å². The zero-order valence-corrected chi connectivity index (χ0v) is 9.44. The molecule has 1 saturated heterocycles. The number of thiazole rings is 1. The van der Waals surface area contributed by atoms with Crippen LogP contribution in [-0.4, -0.2) is 36.1 Å². The molecule has 2 rings (SSSR count). The second-order valence-corrected chi connectivity index (χ2v) is 4.80. The SMILES string of the molecule is CCc1ncc(CN2CCNCC2)s1. The first kappa shape index (κ1) is 10.1. The number of hydrogen-bond acceptors (Lipinski definition) is 4. The summed E-state index contributed by atoms with van der Waals surface area (Å²) >= 11 is 1.85. The summed E-state index contributed by atoms with van der Waals surface area (Å²) in [7, 11) is 0. The van der Waals surface area contributed by atoms with Gasteiger partial charge in [0, 0.05) is 43.8 Å². The normalized spacial score (nSPS) is 18.6. The van der Waals surface area contributed by atoms with Gasteiger partial charge < -0.3 is 5.32 Å². The summed E-state index contributed by atoms with van der Waals surface area (Å²) in [6.07, 6.45) is 3.09. The Kier molecular flexibility index (Phi) is 3.50. The highest BCUT2D eigenvalue weighted by molar-refractivity contribution is 7.11. The lowest BCUT2D eigenvalue weighted by molar-refractivity contribution is 0.235. The van der Waals surface area contributed by atoms with Gasteiger partial charge in [0.15, 0.2) is 0 Å². The van der Waals surface area contributed by atoms with Gasteiger partial charge in [0.05, 0.1) is 5.01 Å². The van der Waals surface area contributed by atoms with Gasteiger partial charge in [-0.3, -0.25) is 4.90 Å². The van der Waals surface area contributed by atoms with Crippen LogP contribution in [0.1, 0.15) is 16.8 Å². The van der Waals surface area contributed by atoms with E-state index in [1.807, 2.05) is 17.5 Å². The zero-order chi connectivity index (χ0) is 9.80. The quantitative estimate of drug-likeness (QED) is 0.812. The van der Waals surface area contributed by atoms with Gasteiger partial charge in [-0.05, 0) is 6.42 Å². The molecule has 0 saturated carbocycles. The third-order valence-electron chi connectivity index (χ3n) is 2.49. The summed E-state index contributed by atoms with van der Waals surface area (Å²) in [5, 5.41) is 4.62. The topological polar surface area (TPSA) is 28.2 Å². The second kappa shape index (κ2) is 4.87. The van der Waals surface area contributed by atoms with Crippen molar-refractivity contribution in [3.8, 4) is 0 Å². The first-order chi connectivity index (χ1) is 6.88. The fourth-order valence-corrected chi connectivity index (χ4v) is 2.58. The van der Waals surface area contributed by atoms with E-state index in [2.05, 4.69) is 22.1 Å². The number of aromatic nitrogens is 1. The monoisotopic (exact) mass is 211 g/mol. The summed E-state index contributed by atoms with van der Waals surface area (Å²) < 4.78 is 0. The molecule has 1 N–H and O–H groups in total. The molecule has 1 aromatic rings. The van der Waals surface area contributed by atoms with Gasteiger partial charge in [-0.1, -0.05) is 6.92 Å². The van der Waals surface area contributed by atoms with Crippen LogP contribution in [0.4, 0.5) is 0 Å². The lowest BCUT2D eigenvalue weighted by atomic mass is 10.3. The van der Waals surface area contributed by atoms with Crippen molar-refractivity contribution in [2.45, 2.75) is 19.9 Å². The van der Waals surface area contributed by atoms with E-state index >= 15 is 0 Å². The van der Waals surface area contributed by atoms with Gasteiger partial charge in [0.2, 0.25) is 0 Å². The van der Waals surface area contributed by atoms with Crippen LogP contribution < -0.4 is 5.32 Å². The Morgan fingerprint density at radius 3 is 2.93 bits per heavy atom. The number of nitrogens with zero attached hydrogens (tertiary/aromatic N) is 2. The van der Waals surface area contributed by atoms with E-state index in [9.17, 15) is 0 Å². The molecule has 0 spiro atoms. The van der Waals surface area contributed by atoms with Crippen molar-refractivity contribution in [2.24, 2.45) is 0 Å². The highest BCUT2D eigenvalue weighted by atomic mass is 32.1. The maximum absolute atomic E-state index is 4.38. The van der Waals surface area contributed by atoms with Crippen LogP contribution in [0.2, 0.25) is 0 Å². The molecule has 0 bridgehead atoms. The number of rotatable bonds is 3. The number of nitrogens with one attached hydrogen (secondary N) is 1. The number of hydrogen-bond donors (Lipinski definition) is 1. The standard InChI is InChI=1S/C10H17N3S/c1-2-10-12-7-9(14-10)8-13-5-3-11-4-6-13/h7,11H,2-6,8H2,1H3. The van der Waals surface area contributed by atoms with Crippen molar-refractivity contribution in [1.29, 1.82) is 0 Å². The smallest absolute Gasteiger partial charge is 0.0925 e. The van der Waals surface area contributed by atoms with Crippen molar-refractivity contribution < 1.29 is 0 Å². The van der Waals surface area contributed by atoms with Crippen molar-refractivity contribution in [1.82, 2.24) is 15.2 Å². The van der Waals surface area contributed by atoms with Gasteiger partial charge in [-0.15, -0.1) is 11.3 Å². The largest absolute Gasteiger partial charge is 0.314 e. The molecule has 1 aliphatic rings. The first-order valence-electron chi connectivity index (χ1n) is 5.25. The third kappa shape index (κ3) is 2.53. The summed E-state index contributed by atoms with van der Waals surface area (Å²) in [6, 6.07) is 0. The van der Waals surface area contributed by atoms with Crippen molar-refractivity contribution in [3.05, 3.63) is 16.1 Å². The van der Waals surface area contributed by atoms with Gasteiger partial charge in [0.25, 0.3) is 0 Å². The average Bonchev–Trinajstić information content (AvgIpc) is 2.67. The summed E-state index contributed by atoms with van der Waals surface area (Å²) in [5.74, 6) is 0. The summed E-state index contributed by atoms with van der Waals surface area (Å²) in [4.78, 5) is 8.27. The molecule has 0 radical (unpaired) electrons. The molecule has 14 heavy (non-hydrogen) atoms. The molecular weight excluding hydrogens is 194 g/mol. The summed E-state index contributed by atoms with van der Waals surface area (Å²) in [5.41, 5.74) is 0. The van der Waals surface area contributed by atoms with E-state index in [1.54, 1.807) is 0 Å². The van der Waals surface area contributed by atoms with Gasteiger partial charge in [-0.25, -0.2) is 4.98 Å². The van der Waals surface area contributed by atoms with E-state index in [4.69, 9.17) is 0 Å². The fraction of sp³-hybridized carbons (Fsp3) is 0.700. The maximum Gasteiger partial charge on any atom is 0.0925 e. The van der Waals surface area contributed by atoms with E-state index in [0.29, 0.717) is 0 Å². The van der Waals surface area contributed by atoms with E-state index < -0.39 is 0 Å². The molecule has 0 aromatic carbocycles. The van der Waals surface area contributed by atoms with E-state index in [1.165, 1.54) is 23.0 Å². The average molecular weight is 211 g/mol. The Bertz CT molecular complexity index is 279. The van der Waals surface area contributed by atoms with Crippen LogP contribution in [0, 0.1) is 0 Å². The molecule has 4 heteroatoms. The van der Waals surface area contributed by atoms with Gasteiger partial charge >= 0.3 is 0 Å². The first-order valence-corrected chi connectivity index (χ1v) is 6.07. The van der Waals surface area contributed by atoms with Crippen LogP contribution in [-0.2, 0) is 13.0 Å². The summed E-state index contributed by atoms with van der Waals surface area (Å²) in [6.45, 7) is 7.82. The van der Waals surface area contributed by atoms with Crippen LogP contribution in [0.5, 0.6) is 0 Å². The fourth-order valence-electron chi connectivity index (χ4n) is 1.67. The molecule has 1 fully saturated rings. The minimum Gasteiger partial charge on any atom is -0.314 e. The molecule has 0 unspecified atom stereocenters. The van der Waals surface area contributed by atoms with Crippen LogP contribution >= 0.6 is 11.3 Å². The Hall–Kier alpha value is -0.450. The van der Waals surface area contributed by atoms with Crippen molar-refractivity contribution in [2.75, 3.05) is 26.2 Å². The highest BCUT2D eigenvalue weighted by Gasteiger charge is 2.11. The maximum atomic E-state index is 4.38. The number of piperazine rings is 1. The molecule has 0 aliphatic carbocycles. The predicted octanol–water partition coefficient (Wildman–Crippen LogP) is 1.11. The van der Waals surface area contributed by atoms with Crippen LogP contribution in [0.25, 0.3) is 0 Å². The predicted molar refractivity (Wildman–Crippen MR) is 59.6 cm³/mol. The minimum absolute atomic E-state index is 1.06. The molecule has 1 aliphatic heterocycles. The molecule has 0 atom stereocenters. The minimum atomic E-state index is 1.06. The van der Waals surface area contributed by atoms with Crippen molar-refractivity contribution in [3.63, 3.8) is 0 Å². The molecular formula is C10H17N3S. The van der Waals surface area contributed by atoms with E-state index in [0.717, 1.165) is 26.1 Å². The van der Waals surface area contributed by atoms with Gasteiger partial charge in [-0.2, -0.15) is 0 Å². The molecule has 0 amide bonds. The Balaban J connectivity index is 1.89. The van der Waals surface area contributed by atoms with Crippen LogP contribution in [0.3, 0.4) is 0 Å². The molecule has 3 nitrogen and oxygen atoms in total. The lowest BCUT2D eigenvalue weighted by Gasteiger charge is -2.26. The zero-order valence-electron chi connectivity index (χ0n) is 8.62. The second-order valence-electron chi connectivity index (χ2n) is 3.60. The third-order valence-corrected chi connectivity index (χ3v) is 3.62. The molecule has 78 valence electrons.